The molecule has 0 aliphatic carbocycles. The molecular formula is C21H25ClN4O4S2. The lowest BCUT2D eigenvalue weighted by molar-refractivity contribution is 0.327. The highest BCUT2D eigenvalue weighted by molar-refractivity contribution is 7.92. The third-order valence-corrected chi connectivity index (χ3v) is 6.11. The molecule has 0 saturated carbocycles. The zero-order chi connectivity index (χ0) is 23.5. The molecule has 0 fully saturated rings. The topological polar surface area (TPSA) is 108 Å². The summed E-state index contributed by atoms with van der Waals surface area (Å²) in [6, 6.07) is 14.1. The molecule has 0 bridgehead atoms. The summed E-state index contributed by atoms with van der Waals surface area (Å²) in [6.07, 6.45) is 3.00. The maximum atomic E-state index is 11.4. The Morgan fingerprint density at radius 3 is 2.12 bits per heavy atom. The molecule has 0 aliphatic heterocycles. The number of hydrogen-bond acceptors (Lipinski definition) is 6. The van der Waals surface area contributed by atoms with Gasteiger partial charge in [0.2, 0.25) is 20.0 Å². The predicted octanol–water partition coefficient (Wildman–Crippen LogP) is 3.31. The minimum atomic E-state index is -3.37. The lowest BCUT2D eigenvalue weighted by Crippen LogP contribution is -2.21. The van der Waals surface area contributed by atoms with E-state index in [9.17, 15) is 16.8 Å². The molecule has 8 nitrogen and oxygen atoms in total. The molecule has 11 heteroatoms. The average Bonchev–Trinajstić information content (AvgIpc) is 2.65. The normalized spacial score (nSPS) is 12.3. The third-order valence-electron chi connectivity index (χ3n) is 4.59. The molecule has 0 unspecified atom stereocenters. The highest BCUT2D eigenvalue weighted by Crippen LogP contribution is 2.27. The van der Waals surface area contributed by atoms with Gasteiger partial charge in [0.1, 0.15) is 0 Å². The van der Waals surface area contributed by atoms with Gasteiger partial charge in [-0.1, -0.05) is 23.7 Å². The minimum Gasteiger partial charge on any atom is -0.300 e. The van der Waals surface area contributed by atoms with Gasteiger partial charge in [-0.2, -0.15) is 0 Å². The molecule has 0 atom stereocenters. The molecule has 0 saturated heterocycles. The molecule has 1 aromatic heterocycles. The van der Waals surface area contributed by atoms with Gasteiger partial charge in [-0.3, -0.25) is 14.4 Å². The van der Waals surface area contributed by atoms with Crippen molar-refractivity contribution in [3.05, 3.63) is 64.8 Å². The monoisotopic (exact) mass is 496 g/mol. The van der Waals surface area contributed by atoms with Gasteiger partial charge in [-0.25, -0.2) is 16.8 Å². The van der Waals surface area contributed by atoms with Crippen molar-refractivity contribution >= 4 is 53.9 Å². The summed E-state index contributed by atoms with van der Waals surface area (Å²) in [6.45, 7) is 1.36. The molecule has 0 radical (unpaired) electrons. The molecule has 0 spiro atoms. The van der Waals surface area contributed by atoms with Crippen LogP contribution in [-0.4, -0.2) is 52.8 Å². The van der Waals surface area contributed by atoms with E-state index in [1.165, 1.54) is 0 Å². The Balaban J connectivity index is 1.63. The van der Waals surface area contributed by atoms with E-state index in [-0.39, 0.29) is 0 Å². The second-order valence-electron chi connectivity index (χ2n) is 7.76. The maximum Gasteiger partial charge on any atom is 0.229 e. The summed E-state index contributed by atoms with van der Waals surface area (Å²) in [5.41, 5.74) is 3.56. The molecule has 0 aliphatic rings. The second-order valence-corrected chi connectivity index (χ2v) is 11.7. The van der Waals surface area contributed by atoms with E-state index in [0.29, 0.717) is 33.8 Å². The summed E-state index contributed by atoms with van der Waals surface area (Å²) < 4.78 is 50.3. The summed E-state index contributed by atoms with van der Waals surface area (Å²) in [5, 5.41) is 1.18. The molecule has 1 heterocycles. The number of benzene rings is 2. The number of sulfonamides is 2. The number of nitrogens with zero attached hydrogens (tertiary/aromatic N) is 2. The number of hydrogen-bond donors (Lipinski definition) is 2. The fraction of sp³-hybridized carbons (Fsp3) is 0.286. The number of pyridine rings is 1. The van der Waals surface area contributed by atoms with Gasteiger partial charge in [-0.05, 0) is 55.4 Å². The second kappa shape index (κ2) is 9.62. The van der Waals surface area contributed by atoms with Gasteiger partial charge in [0.25, 0.3) is 0 Å². The lowest BCUT2D eigenvalue weighted by atomic mass is 10.1. The van der Waals surface area contributed by atoms with Crippen LogP contribution in [0.4, 0.5) is 11.4 Å². The van der Waals surface area contributed by atoms with Gasteiger partial charge in [-0.15, -0.1) is 0 Å². The van der Waals surface area contributed by atoms with Crippen LogP contribution in [0.2, 0.25) is 5.02 Å². The van der Waals surface area contributed by atoms with Crippen LogP contribution in [0.3, 0.4) is 0 Å². The third kappa shape index (κ3) is 7.33. The van der Waals surface area contributed by atoms with Crippen molar-refractivity contribution in [2.45, 2.75) is 13.0 Å². The largest absolute Gasteiger partial charge is 0.300 e. The van der Waals surface area contributed by atoms with E-state index in [0.717, 1.165) is 36.7 Å². The van der Waals surface area contributed by atoms with E-state index in [4.69, 9.17) is 11.6 Å². The van der Waals surface area contributed by atoms with Gasteiger partial charge in [0.15, 0.2) is 0 Å². The number of aromatic nitrogens is 1. The zero-order valence-corrected chi connectivity index (χ0v) is 20.4. The van der Waals surface area contributed by atoms with Crippen LogP contribution in [0.25, 0.3) is 10.9 Å². The Labute approximate surface area is 193 Å². The van der Waals surface area contributed by atoms with Crippen LogP contribution in [0, 0.1) is 0 Å². The van der Waals surface area contributed by atoms with Crippen LogP contribution in [-0.2, 0) is 33.0 Å². The first-order chi connectivity index (χ1) is 14.9. The van der Waals surface area contributed by atoms with Gasteiger partial charge >= 0.3 is 0 Å². The Hall–Kier alpha value is -2.40. The van der Waals surface area contributed by atoms with Crippen LogP contribution in [0.15, 0.2) is 48.5 Å². The van der Waals surface area contributed by atoms with Crippen LogP contribution >= 0.6 is 11.6 Å². The van der Waals surface area contributed by atoms with Crippen molar-refractivity contribution < 1.29 is 16.8 Å². The highest BCUT2D eigenvalue weighted by Gasteiger charge is 2.10. The van der Waals surface area contributed by atoms with Gasteiger partial charge < -0.3 is 4.90 Å². The Morgan fingerprint density at radius 1 is 0.906 bits per heavy atom. The fourth-order valence-corrected chi connectivity index (χ4v) is 4.62. The maximum absolute atomic E-state index is 11.4. The first-order valence-corrected chi connectivity index (χ1v) is 13.9. The zero-order valence-electron chi connectivity index (χ0n) is 18.0. The van der Waals surface area contributed by atoms with Gasteiger partial charge in [0.05, 0.1) is 28.7 Å². The highest BCUT2D eigenvalue weighted by atomic mass is 35.5. The molecule has 3 rings (SSSR count). The van der Waals surface area contributed by atoms with Crippen molar-refractivity contribution in [2.24, 2.45) is 0 Å². The Bertz CT molecular complexity index is 1330. The molecule has 2 N–H and O–H groups in total. The smallest absolute Gasteiger partial charge is 0.229 e. The first kappa shape index (κ1) is 24.2. The number of nitrogens with one attached hydrogen (secondary N) is 2. The molecule has 0 amide bonds. The quantitative estimate of drug-likeness (QED) is 0.470. The van der Waals surface area contributed by atoms with Crippen LogP contribution in [0.1, 0.15) is 11.3 Å². The van der Waals surface area contributed by atoms with Crippen LogP contribution < -0.4 is 9.44 Å². The standard InChI is InChI=1S/C21H25ClN4O4S2/c1-26(11-10-15-4-6-16(7-5-15)24-31(2,27)28)14-18-13-20(22)19-12-17(25-32(3,29)30)8-9-21(19)23-18/h4-9,12-13,24-25H,10-11,14H2,1-3H3. The first-order valence-electron chi connectivity index (χ1n) is 9.70. The lowest BCUT2D eigenvalue weighted by Gasteiger charge is -2.17. The number of rotatable bonds is 9. The number of halogens is 1. The molecule has 3 aromatic rings. The predicted molar refractivity (Wildman–Crippen MR) is 130 cm³/mol. The molecule has 172 valence electrons. The van der Waals surface area contributed by atoms with E-state index < -0.39 is 20.0 Å². The van der Waals surface area contributed by atoms with Crippen molar-refractivity contribution in [1.29, 1.82) is 0 Å². The molecule has 32 heavy (non-hydrogen) atoms. The molecule has 2 aromatic carbocycles. The van der Waals surface area contributed by atoms with Crippen molar-refractivity contribution in [3.8, 4) is 0 Å². The number of fused-ring (bicyclic) bond motifs is 1. The van der Waals surface area contributed by atoms with Crippen molar-refractivity contribution in [2.75, 3.05) is 35.5 Å². The summed E-state index contributed by atoms with van der Waals surface area (Å²) in [7, 11) is -4.67. The SMILES string of the molecule is CN(CCc1ccc(NS(C)(=O)=O)cc1)Cc1cc(Cl)c2cc(NS(C)(=O)=O)ccc2n1. The number of anilines is 2. The van der Waals surface area contributed by atoms with Gasteiger partial charge in [0, 0.05) is 29.9 Å². The summed E-state index contributed by atoms with van der Waals surface area (Å²) in [4.78, 5) is 6.76. The minimum absolute atomic E-state index is 0.436. The average molecular weight is 497 g/mol. The Kier molecular flexibility index (Phi) is 7.29. The number of likely N-dealkylation sites (N-methyl/N-ethyl adjacent to an activating group) is 1. The molecular weight excluding hydrogens is 472 g/mol. The van der Waals surface area contributed by atoms with E-state index in [1.54, 1.807) is 36.4 Å². The summed E-state index contributed by atoms with van der Waals surface area (Å²) >= 11 is 6.44. The van der Waals surface area contributed by atoms with E-state index >= 15 is 0 Å². The van der Waals surface area contributed by atoms with E-state index in [1.807, 2.05) is 19.2 Å². The Morgan fingerprint density at radius 2 is 1.50 bits per heavy atom. The van der Waals surface area contributed by atoms with E-state index in [2.05, 4.69) is 19.3 Å². The van der Waals surface area contributed by atoms with Crippen molar-refractivity contribution in [1.82, 2.24) is 9.88 Å². The van der Waals surface area contributed by atoms with Crippen LogP contribution in [0.5, 0.6) is 0 Å². The van der Waals surface area contributed by atoms with Crippen molar-refractivity contribution in [3.63, 3.8) is 0 Å². The fourth-order valence-electron chi connectivity index (χ4n) is 3.22. The summed E-state index contributed by atoms with van der Waals surface area (Å²) in [5.74, 6) is 0.